The summed E-state index contributed by atoms with van der Waals surface area (Å²) in [6.45, 7) is 3.83. The predicted octanol–water partition coefficient (Wildman–Crippen LogP) is 3.71. The minimum atomic E-state index is 0.617. The standard InChI is InChI=1S/C17H15N3/c1-2-12-9-15-11-14(13-5-7-19-8-6-13)3-4-16(15)20-17(18)10-12/h2-9,11H,1,10H2,(H2,18,20). The number of rotatable bonds is 2. The molecule has 2 aromatic rings. The third-order valence-corrected chi connectivity index (χ3v) is 3.29. The molecule has 98 valence electrons. The first-order chi connectivity index (χ1) is 9.76. The Kier molecular flexibility index (Phi) is 3.17. The van der Waals surface area contributed by atoms with Crippen LogP contribution in [0.25, 0.3) is 17.2 Å². The lowest BCUT2D eigenvalue weighted by molar-refractivity contribution is 1.32. The normalized spacial score (nSPS) is 13.8. The molecule has 1 aliphatic heterocycles. The topological polar surface area (TPSA) is 51.3 Å². The van der Waals surface area contributed by atoms with Gasteiger partial charge in [0.2, 0.25) is 0 Å². The van der Waals surface area contributed by atoms with Crippen LogP contribution in [-0.2, 0) is 0 Å². The van der Waals surface area contributed by atoms with Gasteiger partial charge in [-0.3, -0.25) is 4.98 Å². The Bertz CT molecular complexity index is 712. The molecule has 2 heterocycles. The molecule has 3 heteroatoms. The van der Waals surface area contributed by atoms with Crippen LogP contribution in [0.2, 0.25) is 0 Å². The second-order valence-corrected chi connectivity index (χ2v) is 4.71. The summed E-state index contributed by atoms with van der Waals surface area (Å²) in [5.74, 6) is 0.617. The van der Waals surface area contributed by atoms with Gasteiger partial charge in [-0.05, 0) is 47.0 Å². The number of amidine groups is 1. The third-order valence-electron chi connectivity index (χ3n) is 3.29. The van der Waals surface area contributed by atoms with Gasteiger partial charge in [0, 0.05) is 24.4 Å². The van der Waals surface area contributed by atoms with Crippen molar-refractivity contribution in [2.45, 2.75) is 6.42 Å². The molecular weight excluding hydrogens is 246 g/mol. The summed E-state index contributed by atoms with van der Waals surface area (Å²) in [5.41, 5.74) is 11.2. The van der Waals surface area contributed by atoms with Crippen molar-refractivity contribution in [3.05, 3.63) is 66.5 Å². The second kappa shape index (κ2) is 5.13. The summed E-state index contributed by atoms with van der Waals surface area (Å²) in [6.07, 6.45) is 8.15. The molecule has 0 amide bonds. The molecular formula is C17H15N3. The second-order valence-electron chi connectivity index (χ2n) is 4.71. The van der Waals surface area contributed by atoms with Gasteiger partial charge in [-0.2, -0.15) is 0 Å². The summed E-state index contributed by atoms with van der Waals surface area (Å²) in [6, 6.07) is 10.2. The Hall–Kier alpha value is -2.68. The number of nitrogens with zero attached hydrogens (tertiary/aromatic N) is 2. The third kappa shape index (κ3) is 2.38. The molecule has 0 unspecified atom stereocenters. The van der Waals surface area contributed by atoms with Gasteiger partial charge in [0.25, 0.3) is 0 Å². The molecule has 3 nitrogen and oxygen atoms in total. The molecule has 1 aromatic heterocycles. The summed E-state index contributed by atoms with van der Waals surface area (Å²) in [5, 5.41) is 0. The van der Waals surface area contributed by atoms with Gasteiger partial charge < -0.3 is 5.73 Å². The average Bonchev–Trinajstić information content (AvgIpc) is 2.65. The summed E-state index contributed by atoms with van der Waals surface area (Å²) >= 11 is 0. The van der Waals surface area contributed by atoms with E-state index in [1.54, 1.807) is 12.4 Å². The molecule has 0 fully saturated rings. The summed E-state index contributed by atoms with van der Waals surface area (Å²) in [4.78, 5) is 8.50. The number of hydrogen-bond donors (Lipinski definition) is 1. The smallest absolute Gasteiger partial charge is 0.104 e. The molecule has 1 aliphatic rings. The number of nitrogens with two attached hydrogens (primary N) is 1. The molecule has 0 bridgehead atoms. The number of benzene rings is 1. The minimum Gasteiger partial charge on any atom is -0.387 e. The van der Waals surface area contributed by atoms with E-state index in [0.717, 1.165) is 28.0 Å². The highest BCUT2D eigenvalue weighted by molar-refractivity contribution is 5.91. The van der Waals surface area contributed by atoms with Crippen LogP contribution < -0.4 is 5.73 Å². The molecule has 0 spiro atoms. The molecule has 20 heavy (non-hydrogen) atoms. The van der Waals surface area contributed by atoms with E-state index in [1.165, 1.54) is 0 Å². The van der Waals surface area contributed by atoms with E-state index in [-0.39, 0.29) is 0 Å². The highest BCUT2D eigenvalue weighted by Crippen LogP contribution is 2.31. The highest BCUT2D eigenvalue weighted by atomic mass is 14.9. The van der Waals surface area contributed by atoms with E-state index in [4.69, 9.17) is 5.73 Å². The van der Waals surface area contributed by atoms with Gasteiger partial charge in [0.15, 0.2) is 0 Å². The zero-order valence-corrected chi connectivity index (χ0v) is 11.1. The monoisotopic (exact) mass is 261 g/mol. The van der Waals surface area contributed by atoms with Crippen LogP contribution in [0.5, 0.6) is 0 Å². The molecule has 0 atom stereocenters. The number of hydrogen-bond acceptors (Lipinski definition) is 3. The molecule has 3 rings (SSSR count). The lowest BCUT2D eigenvalue weighted by Crippen LogP contribution is -2.10. The van der Waals surface area contributed by atoms with Gasteiger partial charge in [0.1, 0.15) is 5.84 Å². The predicted molar refractivity (Wildman–Crippen MR) is 83.7 cm³/mol. The Morgan fingerprint density at radius 3 is 2.65 bits per heavy atom. The first kappa shape index (κ1) is 12.4. The van der Waals surface area contributed by atoms with E-state index in [1.807, 2.05) is 24.3 Å². The van der Waals surface area contributed by atoms with Crippen molar-refractivity contribution in [3.8, 4) is 11.1 Å². The highest BCUT2D eigenvalue weighted by Gasteiger charge is 2.09. The first-order valence-electron chi connectivity index (χ1n) is 6.47. The van der Waals surface area contributed by atoms with Crippen LogP contribution in [0, 0.1) is 0 Å². The maximum atomic E-state index is 5.92. The molecule has 1 aromatic carbocycles. The van der Waals surface area contributed by atoms with E-state index >= 15 is 0 Å². The van der Waals surface area contributed by atoms with Crippen molar-refractivity contribution < 1.29 is 0 Å². The maximum absolute atomic E-state index is 5.92. The van der Waals surface area contributed by atoms with Crippen LogP contribution in [0.1, 0.15) is 12.0 Å². The number of fused-ring (bicyclic) bond motifs is 1. The number of aromatic nitrogens is 1. The largest absolute Gasteiger partial charge is 0.387 e. The fourth-order valence-electron chi connectivity index (χ4n) is 2.28. The Balaban J connectivity index is 2.13. The molecule has 0 radical (unpaired) electrons. The number of aliphatic imine (C=N–C) groups is 1. The van der Waals surface area contributed by atoms with Crippen LogP contribution in [-0.4, -0.2) is 10.8 Å². The van der Waals surface area contributed by atoms with Gasteiger partial charge in [-0.25, -0.2) is 4.99 Å². The molecule has 0 aliphatic carbocycles. The summed E-state index contributed by atoms with van der Waals surface area (Å²) in [7, 11) is 0. The van der Waals surface area contributed by atoms with Crippen molar-refractivity contribution in [3.63, 3.8) is 0 Å². The van der Waals surface area contributed by atoms with Gasteiger partial charge in [-0.15, -0.1) is 0 Å². The van der Waals surface area contributed by atoms with Crippen molar-refractivity contribution in [2.75, 3.05) is 0 Å². The van der Waals surface area contributed by atoms with Crippen molar-refractivity contribution in [1.29, 1.82) is 0 Å². The lowest BCUT2D eigenvalue weighted by atomic mass is 10.0. The summed E-state index contributed by atoms with van der Waals surface area (Å²) < 4.78 is 0. The Labute approximate surface area is 118 Å². The van der Waals surface area contributed by atoms with Crippen LogP contribution in [0.3, 0.4) is 0 Å². The Morgan fingerprint density at radius 2 is 1.90 bits per heavy atom. The SMILES string of the molecule is C=CC1=Cc2cc(-c3ccncc3)ccc2N=C(N)C1. The lowest BCUT2D eigenvalue weighted by Gasteiger charge is -2.05. The first-order valence-corrected chi connectivity index (χ1v) is 6.47. The van der Waals surface area contributed by atoms with Gasteiger partial charge in [0.05, 0.1) is 5.69 Å². The molecule has 0 saturated carbocycles. The minimum absolute atomic E-state index is 0.617. The van der Waals surface area contributed by atoms with E-state index in [9.17, 15) is 0 Å². The van der Waals surface area contributed by atoms with Crippen molar-refractivity contribution in [1.82, 2.24) is 4.98 Å². The molecule has 0 saturated heterocycles. The fraction of sp³-hybridized carbons (Fsp3) is 0.0588. The zero-order chi connectivity index (χ0) is 13.9. The van der Waals surface area contributed by atoms with Crippen LogP contribution in [0.15, 0.2) is 65.9 Å². The fourth-order valence-corrected chi connectivity index (χ4v) is 2.28. The molecule has 2 N–H and O–H groups in total. The van der Waals surface area contributed by atoms with E-state index in [2.05, 4.69) is 34.8 Å². The average molecular weight is 261 g/mol. The van der Waals surface area contributed by atoms with E-state index in [0.29, 0.717) is 12.3 Å². The van der Waals surface area contributed by atoms with Gasteiger partial charge in [-0.1, -0.05) is 18.7 Å². The van der Waals surface area contributed by atoms with Crippen LogP contribution in [0.4, 0.5) is 5.69 Å². The van der Waals surface area contributed by atoms with Crippen molar-refractivity contribution in [2.24, 2.45) is 10.7 Å². The Morgan fingerprint density at radius 1 is 1.10 bits per heavy atom. The van der Waals surface area contributed by atoms with Crippen molar-refractivity contribution >= 4 is 17.6 Å². The number of pyridine rings is 1. The zero-order valence-electron chi connectivity index (χ0n) is 11.1. The van der Waals surface area contributed by atoms with Crippen LogP contribution >= 0.6 is 0 Å². The maximum Gasteiger partial charge on any atom is 0.104 e. The number of allylic oxidation sites excluding steroid dienone is 1. The quantitative estimate of drug-likeness (QED) is 0.895. The van der Waals surface area contributed by atoms with E-state index < -0.39 is 0 Å². The van der Waals surface area contributed by atoms with Gasteiger partial charge >= 0.3 is 0 Å².